The van der Waals surface area contributed by atoms with Gasteiger partial charge >= 0.3 is 12.4 Å². The van der Waals surface area contributed by atoms with Crippen molar-refractivity contribution in [2.45, 2.75) is 32.1 Å². The van der Waals surface area contributed by atoms with Crippen LogP contribution in [0.1, 0.15) is 35.7 Å². The van der Waals surface area contributed by atoms with E-state index in [0.717, 1.165) is 18.2 Å². The molecule has 0 unspecified atom stereocenters. The van der Waals surface area contributed by atoms with Crippen LogP contribution < -0.4 is 0 Å². The summed E-state index contributed by atoms with van der Waals surface area (Å²) in [6.07, 6.45) is -8.37. The molecule has 0 saturated carbocycles. The van der Waals surface area contributed by atoms with Crippen LogP contribution in [0, 0.1) is 0 Å². The van der Waals surface area contributed by atoms with E-state index in [9.17, 15) is 31.1 Å². The summed E-state index contributed by atoms with van der Waals surface area (Å²) >= 11 is 0. The summed E-state index contributed by atoms with van der Waals surface area (Å²) in [5, 5.41) is 0. The van der Waals surface area contributed by atoms with Crippen LogP contribution in [0.25, 0.3) is 0 Å². The molecule has 0 aliphatic rings. The van der Waals surface area contributed by atoms with E-state index in [4.69, 9.17) is 0 Å². The predicted octanol–water partition coefficient (Wildman–Crippen LogP) is 4.51. The van der Waals surface area contributed by atoms with Crippen molar-refractivity contribution in [2.24, 2.45) is 0 Å². The lowest BCUT2D eigenvalue weighted by molar-refractivity contribution is -0.141. The largest absolute Gasteiger partial charge is 0.416 e. The Morgan fingerprint density at radius 1 is 1.14 bits per heavy atom. The number of hydrogen-bond donors (Lipinski definition) is 0. The first-order valence-corrected chi connectivity index (χ1v) is 6.58. The van der Waals surface area contributed by atoms with E-state index >= 15 is 0 Å². The highest BCUT2D eigenvalue weighted by Gasteiger charge is 2.34. The summed E-state index contributed by atoms with van der Waals surface area (Å²) in [5.74, 6) is -1.06. The van der Waals surface area contributed by atoms with E-state index in [1.54, 1.807) is 6.92 Å². The number of benzene rings is 1. The van der Waals surface area contributed by atoms with E-state index in [-0.39, 0.29) is 6.54 Å². The lowest BCUT2D eigenvalue weighted by Gasteiger charge is -2.24. The van der Waals surface area contributed by atoms with Crippen molar-refractivity contribution >= 4 is 5.91 Å². The summed E-state index contributed by atoms with van der Waals surface area (Å²) in [7, 11) is 0. The van der Waals surface area contributed by atoms with Crippen LogP contribution in [0.15, 0.2) is 24.3 Å². The zero-order valence-corrected chi connectivity index (χ0v) is 11.8. The topological polar surface area (TPSA) is 20.3 Å². The average molecular weight is 327 g/mol. The van der Waals surface area contributed by atoms with Gasteiger partial charge in [-0.15, -0.1) is 0 Å². The Morgan fingerprint density at radius 2 is 1.77 bits per heavy atom. The van der Waals surface area contributed by atoms with Crippen LogP contribution in [0.4, 0.5) is 26.3 Å². The number of unbranched alkanes of at least 4 members (excludes halogenated alkanes) is 1. The van der Waals surface area contributed by atoms with Gasteiger partial charge in [-0.3, -0.25) is 4.79 Å². The van der Waals surface area contributed by atoms with E-state index in [1.165, 1.54) is 0 Å². The fraction of sp³-hybridized carbons (Fsp3) is 0.500. The second kappa shape index (κ2) is 7.02. The molecule has 22 heavy (non-hydrogen) atoms. The third-order valence-electron chi connectivity index (χ3n) is 2.88. The van der Waals surface area contributed by atoms with Gasteiger partial charge in [-0.1, -0.05) is 19.4 Å². The molecule has 8 heteroatoms. The summed E-state index contributed by atoms with van der Waals surface area (Å²) < 4.78 is 75.3. The third kappa shape index (κ3) is 5.57. The van der Waals surface area contributed by atoms with Gasteiger partial charge in [0.25, 0.3) is 5.91 Å². The number of amides is 1. The Bertz CT molecular complexity index is 509. The molecule has 0 spiro atoms. The molecule has 0 fully saturated rings. The summed E-state index contributed by atoms with van der Waals surface area (Å²) in [5.41, 5.74) is -1.48. The van der Waals surface area contributed by atoms with Crippen molar-refractivity contribution in [3.63, 3.8) is 0 Å². The Morgan fingerprint density at radius 3 is 2.27 bits per heavy atom. The van der Waals surface area contributed by atoms with Crippen LogP contribution in [0.2, 0.25) is 0 Å². The van der Waals surface area contributed by atoms with Gasteiger partial charge in [-0.2, -0.15) is 26.3 Å². The van der Waals surface area contributed by atoms with Crippen molar-refractivity contribution in [1.29, 1.82) is 0 Å². The lowest BCUT2D eigenvalue weighted by Crippen LogP contribution is -2.39. The third-order valence-corrected chi connectivity index (χ3v) is 2.88. The molecule has 1 aromatic rings. The standard InChI is InChI=1S/C14H15F6NO/c1-2-3-7-21(9-13(15,16)17)12(22)10-5-4-6-11(8-10)14(18,19)20/h4-6,8H,2-3,7,9H2,1H3. The Kier molecular flexibility index (Phi) is 5.85. The quantitative estimate of drug-likeness (QED) is 0.729. The van der Waals surface area contributed by atoms with Gasteiger partial charge in [0.2, 0.25) is 0 Å². The molecule has 0 heterocycles. The second-order valence-corrected chi connectivity index (χ2v) is 4.77. The minimum absolute atomic E-state index is 0.162. The van der Waals surface area contributed by atoms with Crippen LogP contribution in [-0.4, -0.2) is 30.1 Å². The number of halogens is 6. The van der Waals surface area contributed by atoms with Crippen LogP contribution >= 0.6 is 0 Å². The van der Waals surface area contributed by atoms with Crippen LogP contribution in [-0.2, 0) is 6.18 Å². The molecule has 124 valence electrons. The Hall–Kier alpha value is -1.73. The molecule has 1 rings (SSSR count). The lowest BCUT2D eigenvalue weighted by atomic mass is 10.1. The van der Waals surface area contributed by atoms with Gasteiger partial charge in [0, 0.05) is 12.1 Å². The molecule has 0 aromatic heterocycles. The SMILES string of the molecule is CCCCN(CC(F)(F)F)C(=O)c1cccc(C(F)(F)F)c1. The molecule has 0 bridgehead atoms. The number of hydrogen-bond acceptors (Lipinski definition) is 1. The fourth-order valence-electron chi connectivity index (χ4n) is 1.83. The van der Waals surface area contributed by atoms with Gasteiger partial charge in [0.05, 0.1) is 5.56 Å². The molecule has 0 radical (unpaired) electrons. The minimum Gasteiger partial charge on any atom is -0.330 e. The fourth-order valence-corrected chi connectivity index (χ4v) is 1.83. The van der Waals surface area contributed by atoms with E-state index in [0.29, 0.717) is 23.8 Å². The second-order valence-electron chi connectivity index (χ2n) is 4.77. The zero-order chi connectivity index (χ0) is 17.0. The number of rotatable bonds is 5. The smallest absolute Gasteiger partial charge is 0.330 e. The Balaban J connectivity index is 3.02. The Labute approximate surface area is 123 Å². The summed E-state index contributed by atoms with van der Waals surface area (Å²) in [6.45, 7) is 0.0910. The monoisotopic (exact) mass is 327 g/mol. The van der Waals surface area contributed by atoms with Gasteiger partial charge in [-0.25, -0.2) is 0 Å². The molecule has 0 saturated heterocycles. The molecule has 0 N–H and O–H groups in total. The highest BCUT2D eigenvalue weighted by Crippen LogP contribution is 2.30. The van der Waals surface area contributed by atoms with Crippen LogP contribution in [0.5, 0.6) is 0 Å². The number of nitrogens with zero attached hydrogens (tertiary/aromatic N) is 1. The van der Waals surface area contributed by atoms with Crippen molar-refractivity contribution < 1.29 is 31.1 Å². The van der Waals surface area contributed by atoms with Crippen molar-refractivity contribution in [2.75, 3.05) is 13.1 Å². The summed E-state index contributed by atoms with van der Waals surface area (Å²) in [6, 6.07) is 3.41. The van der Waals surface area contributed by atoms with Crippen molar-refractivity contribution in [3.8, 4) is 0 Å². The molecule has 0 aliphatic heterocycles. The number of carbonyl (C=O) groups is 1. The molecule has 0 aliphatic carbocycles. The minimum atomic E-state index is -4.66. The molecular formula is C14H15F6NO. The van der Waals surface area contributed by atoms with Gasteiger partial charge < -0.3 is 4.90 Å². The highest BCUT2D eigenvalue weighted by molar-refractivity contribution is 5.94. The first kappa shape index (κ1) is 18.3. The molecule has 1 aromatic carbocycles. The van der Waals surface area contributed by atoms with Gasteiger partial charge in [0.15, 0.2) is 0 Å². The first-order valence-electron chi connectivity index (χ1n) is 6.58. The van der Waals surface area contributed by atoms with Gasteiger partial charge in [0.1, 0.15) is 6.54 Å². The van der Waals surface area contributed by atoms with Crippen LogP contribution in [0.3, 0.4) is 0 Å². The van der Waals surface area contributed by atoms with Crippen molar-refractivity contribution in [3.05, 3.63) is 35.4 Å². The maximum atomic E-state index is 12.6. The first-order chi connectivity index (χ1) is 10.0. The summed E-state index contributed by atoms with van der Waals surface area (Å²) in [4.78, 5) is 12.6. The van der Waals surface area contributed by atoms with Crippen molar-refractivity contribution in [1.82, 2.24) is 4.90 Å². The molecule has 2 nitrogen and oxygen atoms in total. The van der Waals surface area contributed by atoms with E-state index in [1.807, 2.05) is 0 Å². The highest BCUT2D eigenvalue weighted by atomic mass is 19.4. The molecule has 0 atom stereocenters. The average Bonchev–Trinajstić information content (AvgIpc) is 2.40. The maximum Gasteiger partial charge on any atom is 0.416 e. The normalized spacial score (nSPS) is 12.3. The van der Waals surface area contributed by atoms with E-state index < -0.39 is 35.9 Å². The van der Waals surface area contributed by atoms with E-state index in [2.05, 4.69) is 0 Å². The molecule has 1 amide bonds. The maximum absolute atomic E-state index is 12.6. The zero-order valence-electron chi connectivity index (χ0n) is 11.8. The number of carbonyl (C=O) groups excluding carboxylic acids is 1. The molecular weight excluding hydrogens is 312 g/mol. The van der Waals surface area contributed by atoms with Gasteiger partial charge in [-0.05, 0) is 24.6 Å². The number of alkyl halides is 6. The predicted molar refractivity (Wildman–Crippen MR) is 68.3 cm³/mol.